The molecule has 0 spiro atoms. The number of hydrogen-bond donors (Lipinski definition) is 1. The third-order valence-electron chi connectivity index (χ3n) is 3.76. The molecule has 0 aromatic rings. The van der Waals surface area contributed by atoms with E-state index >= 15 is 0 Å². The molecule has 0 amide bonds. The van der Waals surface area contributed by atoms with Crippen LogP contribution < -0.4 is 5.32 Å². The van der Waals surface area contributed by atoms with E-state index in [-0.39, 0.29) is 0 Å². The van der Waals surface area contributed by atoms with E-state index in [2.05, 4.69) is 43.8 Å². The predicted octanol–water partition coefficient (Wildman–Crippen LogP) is 2.45. The van der Waals surface area contributed by atoms with Gasteiger partial charge in [0.05, 0.1) is 5.75 Å². The second-order valence-electron chi connectivity index (χ2n) is 6.14. The molecule has 1 saturated heterocycles. The largest absolute Gasteiger partial charge is 0.311 e. The van der Waals surface area contributed by atoms with E-state index in [0.717, 1.165) is 18.1 Å². The molecule has 1 fully saturated rings. The maximum atomic E-state index is 5.29. The van der Waals surface area contributed by atoms with Crippen LogP contribution in [-0.4, -0.2) is 48.1 Å². The van der Waals surface area contributed by atoms with Gasteiger partial charge in [-0.25, -0.2) is 0 Å². The zero-order valence-corrected chi connectivity index (χ0v) is 13.1. The summed E-state index contributed by atoms with van der Waals surface area (Å²) in [5.41, 5.74) is 0.336. The van der Waals surface area contributed by atoms with E-state index in [1.807, 2.05) is 11.8 Å². The summed E-state index contributed by atoms with van der Waals surface area (Å²) in [6.07, 6.45) is 6.51. The number of nitrogens with one attached hydrogen (secondary N) is 1. The first-order chi connectivity index (χ1) is 8.49. The zero-order chi connectivity index (χ0) is 13.6. The molecular weight excluding hydrogens is 240 g/mol. The van der Waals surface area contributed by atoms with E-state index in [1.165, 1.54) is 19.5 Å². The molecular formula is C15H28N2S. The van der Waals surface area contributed by atoms with Crippen molar-refractivity contribution < 1.29 is 0 Å². The molecule has 1 aliphatic rings. The first kappa shape index (κ1) is 15.9. The Bertz CT molecular complexity index is 277. The lowest BCUT2D eigenvalue weighted by Crippen LogP contribution is -2.60. The van der Waals surface area contributed by atoms with Crippen molar-refractivity contribution in [2.75, 3.05) is 31.1 Å². The highest BCUT2D eigenvalue weighted by molar-refractivity contribution is 7.99. The van der Waals surface area contributed by atoms with Gasteiger partial charge in [-0.3, -0.25) is 4.90 Å². The van der Waals surface area contributed by atoms with E-state index < -0.39 is 0 Å². The molecule has 18 heavy (non-hydrogen) atoms. The third-order valence-corrected chi connectivity index (χ3v) is 4.60. The SMILES string of the molecule is C#CCSCCN1CC(C(C)(C)C)NCC1CC. The number of thioether (sulfide) groups is 1. The number of rotatable bonds is 5. The molecule has 0 radical (unpaired) electrons. The minimum Gasteiger partial charge on any atom is -0.311 e. The van der Waals surface area contributed by atoms with Crippen LogP contribution in [-0.2, 0) is 0 Å². The van der Waals surface area contributed by atoms with Crippen LogP contribution in [0.3, 0.4) is 0 Å². The predicted molar refractivity (Wildman–Crippen MR) is 83.1 cm³/mol. The van der Waals surface area contributed by atoms with Gasteiger partial charge in [0.1, 0.15) is 0 Å². The molecule has 1 rings (SSSR count). The van der Waals surface area contributed by atoms with Crippen LogP contribution in [0.15, 0.2) is 0 Å². The minimum atomic E-state index is 0.336. The molecule has 1 N–H and O–H groups in total. The lowest BCUT2D eigenvalue weighted by atomic mass is 9.84. The highest BCUT2D eigenvalue weighted by Crippen LogP contribution is 2.24. The van der Waals surface area contributed by atoms with Crippen LogP contribution in [0, 0.1) is 17.8 Å². The highest BCUT2D eigenvalue weighted by Gasteiger charge is 2.32. The van der Waals surface area contributed by atoms with Crippen LogP contribution in [0.1, 0.15) is 34.1 Å². The summed E-state index contributed by atoms with van der Waals surface area (Å²) in [4.78, 5) is 2.65. The minimum absolute atomic E-state index is 0.336. The van der Waals surface area contributed by atoms with Crippen LogP contribution in [0.5, 0.6) is 0 Å². The quantitative estimate of drug-likeness (QED) is 0.609. The Labute approximate surface area is 117 Å². The molecule has 2 nitrogen and oxygen atoms in total. The van der Waals surface area contributed by atoms with E-state index in [9.17, 15) is 0 Å². The second-order valence-corrected chi connectivity index (χ2v) is 7.25. The van der Waals surface area contributed by atoms with Crippen LogP contribution in [0.25, 0.3) is 0 Å². The Balaban J connectivity index is 2.46. The second kappa shape index (κ2) is 7.43. The van der Waals surface area contributed by atoms with Gasteiger partial charge in [-0.15, -0.1) is 18.2 Å². The summed E-state index contributed by atoms with van der Waals surface area (Å²) in [6.45, 7) is 12.7. The first-order valence-electron chi connectivity index (χ1n) is 6.97. The van der Waals surface area contributed by atoms with Crippen LogP contribution >= 0.6 is 11.8 Å². The van der Waals surface area contributed by atoms with Crippen molar-refractivity contribution in [1.82, 2.24) is 10.2 Å². The van der Waals surface area contributed by atoms with Crippen LogP contribution in [0.2, 0.25) is 0 Å². The number of piperazine rings is 1. The number of terminal acetylenes is 1. The van der Waals surface area contributed by atoms with Gasteiger partial charge in [-0.05, 0) is 11.8 Å². The van der Waals surface area contributed by atoms with Gasteiger partial charge < -0.3 is 5.32 Å². The summed E-state index contributed by atoms with van der Waals surface area (Å²) in [7, 11) is 0. The number of nitrogens with zero attached hydrogens (tertiary/aromatic N) is 1. The molecule has 2 atom stereocenters. The lowest BCUT2D eigenvalue weighted by molar-refractivity contribution is 0.0894. The van der Waals surface area contributed by atoms with Crippen LogP contribution in [0.4, 0.5) is 0 Å². The van der Waals surface area contributed by atoms with E-state index in [1.54, 1.807) is 0 Å². The Morgan fingerprint density at radius 1 is 1.44 bits per heavy atom. The highest BCUT2D eigenvalue weighted by atomic mass is 32.2. The van der Waals surface area contributed by atoms with E-state index in [0.29, 0.717) is 17.5 Å². The molecule has 1 aliphatic heterocycles. The monoisotopic (exact) mass is 268 g/mol. The molecule has 0 bridgehead atoms. The Morgan fingerprint density at radius 3 is 2.72 bits per heavy atom. The lowest BCUT2D eigenvalue weighted by Gasteiger charge is -2.45. The molecule has 2 unspecified atom stereocenters. The summed E-state index contributed by atoms with van der Waals surface area (Å²) in [5, 5.41) is 3.71. The Hall–Kier alpha value is -0.170. The summed E-state index contributed by atoms with van der Waals surface area (Å²) >= 11 is 1.87. The van der Waals surface area contributed by atoms with Crippen molar-refractivity contribution in [3.63, 3.8) is 0 Å². The van der Waals surface area contributed by atoms with Crippen molar-refractivity contribution in [3.05, 3.63) is 0 Å². The molecule has 0 aliphatic carbocycles. The van der Waals surface area contributed by atoms with E-state index in [4.69, 9.17) is 6.42 Å². The fourth-order valence-electron chi connectivity index (χ4n) is 2.42. The van der Waals surface area contributed by atoms with Crippen molar-refractivity contribution in [1.29, 1.82) is 0 Å². The first-order valence-corrected chi connectivity index (χ1v) is 8.13. The number of hydrogen-bond acceptors (Lipinski definition) is 3. The van der Waals surface area contributed by atoms with Gasteiger partial charge in [-0.2, -0.15) is 0 Å². The topological polar surface area (TPSA) is 15.3 Å². The third kappa shape index (κ3) is 4.84. The van der Waals surface area contributed by atoms with Gasteiger partial charge in [0, 0.05) is 37.5 Å². The molecule has 1 heterocycles. The summed E-state index contributed by atoms with van der Waals surface area (Å²) in [6, 6.07) is 1.29. The van der Waals surface area contributed by atoms with Crippen molar-refractivity contribution in [2.45, 2.75) is 46.2 Å². The van der Waals surface area contributed by atoms with Gasteiger partial charge >= 0.3 is 0 Å². The van der Waals surface area contributed by atoms with Gasteiger partial charge in [-0.1, -0.05) is 33.6 Å². The average Bonchev–Trinajstić information content (AvgIpc) is 2.33. The van der Waals surface area contributed by atoms with Gasteiger partial charge in [0.15, 0.2) is 0 Å². The molecule has 0 saturated carbocycles. The van der Waals surface area contributed by atoms with Crippen molar-refractivity contribution in [3.8, 4) is 12.3 Å². The fourth-order valence-corrected chi connectivity index (χ4v) is 3.05. The fraction of sp³-hybridized carbons (Fsp3) is 0.867. The van der Waals surface area contributed by atoms with Gasteiger partial charge in [0.25, 0.3) is 0 Å². The average molecular weight is 268 g/mol. The molecule has 104 valence electrons. The van der Waals surface area contributed by atoms with Gasteiger partial charge in [0.2, 0.25) is 0 Å². The molecule has 3 heteroatoms. The Morgan fingerprint density at radius 2 is 2.17 bits per heavy atom. The summed E-state index contributed by atoms with van der Waals surface area (Å²) in [5.74, 6) is 4.68. The summed E-state index contributed by atoms with van der Waals surface area (Å²) < 4.78 is 0. The maximum absolute atomic E-state index is 5.29. The molecule has 0 aromatic heterocycles. The van der Waals surface area contributed by atoms with Crippen molar-refractivity contribution in [2.24, 2.45) is 5.41 Å². The zero-order valence-electron chi connectivity index (χ0n) is 12.3. The normalized spacial score (nSPS) is 25.9. The van der Waals surface area contributed by atoms with Crippen molar-refractivity contribution >= 4 is 11.8 Å². The Kier molecular flexibility index (Phi) is 6.55. The standard InChI is InChI=1S/C15H28N2S/c1-6-9-18-10-8-17-12-14(15(3,4)5)16-11-13(17)7-2/h1,13-14,16H,7-12H2,2-5H3. The molecule has 0 aromatic carbocycles. The maximum Gasteiger partial charge on any atom is 0.0545 e. The smallest absolute Gasteiger partial charge is 0.0545 e.